The second kappa shape index (κ2) is 6.95. The Hall–Kier alpha value is -2.85. The second-order valence-electron chi connectivity index (χ2n) is 5.62. The monoisotopic (exact) mass is 347 g/mol. The lowest BCUT2D eigenvalue weighted by Crippen LogP contribution is -1.97. The third kappa shape index (κ3) is 3.35. The normalized spacial score (nSPS) is 10.8. The van der Waals surface area contributed by atoms with Gasteiger partial charge in [0.05, 0.1) is 22.9 Å². The number of methoxy groups -OCH3 is 1. The second-order valence-corrected chi connectivity index (χ2v) is 6.65. The highest BCUT2D eigenvalue weighted by Crippen LogP contribution is 2.38. The quantitative estimate of drug-likeness (QED) is 0.474. The fourth-order valence-electron chi connectivity index (χ4n) is 2.65. The van der Waals surface area contributed by atoms with E-state index in [1.807, 2.05) is 54.6 Å². The van der Waals surface area contributed by atoms with Crippen molar-refractivity contribution in [2.24, 2.45) is 0 Å². The summed E-state index contributed by atoms with van der Waals surface area (Å²) in [7, 11) is 1.67. The summed E-state index contributed by atoms with van der Waals surface area (Å²) in [5, 5.41) is 0.933. The molecule has 25 heavy (non-hydrogen) atoms. The number of ether oxygens (including phenoxy) is 2. The molecule has 0 radical (unpaired) electrons. The molecule has 1 aromatic heterocycles. The van der Waals surface area contributed by atoms with Crippen LogP contribution < -0.4 is 9.47 Å². The van der Waals surface area contributed by atoms with Crippen molar-refractivity contribution in [2.75, 3.05) is 7.11 Å². The summed E-state index contributed by atoms with van der Waals surface area (Å²) in [5.41, 5.74) is 3.09. The Morgan fingerprint density at radius 1 is 0.920 bits per heavy atom. The molecule has 0 aliphatic carbocycles. The Bertz CT molecular complexity index is 962. The van der Waals surface area contributed by atoms with Crippen molar-refractivity contribution < 1.29 is 9.47 Å². The zero-order chi connectivity index (χ0) is 17.1. The van der Waals surface area contributed by atoms with Crippen LogP contribution >= 0.6 is 11.3 Å². The molecule has 0 fully saturated rings. The predicted octanol–water partition coefficient (Wildman–Crippen LogP) is 5.55. The van der Waals surface area contributed by atoms with Gasteiger partial charge in [-0.05, 0) is 35.9 Å². The first-order valence-electron chi connectivity index (χ1n) is 8.04. The molecule has 0 saturated carbocycles. The minimum atomic E-state index is 0.519. The minimum absolute atomic E-state index is 0.519. The van der Waals surface area contributed by atoms with E-state index in [4.69, 9.17) is 14.5 Å². The highest BCUT2D eigenvalue weighted by molar-refractivity contribution is 7.21. The van der Waals surface area contributed by atoms with Crippen LogP contribution in [-0.4, -0.2) is 12.1 Å². The van der Waals surface area contributed by atoms with Crippen molar-refractivity contribution in [3.63, 3.8) is 0 Å². The van der Waals surface area contributed by atoms with Crippen LogP contribution in [0.2, 0.25) is 0 Å². The fourth-order valence-corrected chi connectivity index (χ4v) is 3.64. The van der Waals surface area contributed by atoms with E-state index >= 15 is 0 Å². The number of para-hydroxylation sites is 1. The molecule has 4 rings (SSSR count). The first kappa shape index (κ1) is 15.7. The van der Waals surface area contributed by atoms with Crippen molar-refractivity contribution in [1.29, 1.82) is 0 Å². The van der Waals surface area contributed by atoms with Crippen molar-refractivity contribution >= 4 is 21.6 Å². The lowest BCUT2D eigenvalue weighted by atomic mass is 10.2. The first-order chi connectivity index (χ1) is 12.3. The number of aromatic nitrogens is 1. The van der Waals surface area contributed by atoms with Gasteiger partial charge in [-0.3, -0.25) is 0 Å². The number of hydrogen-bond donors (Lipinski definition) is 0. The highest BCUT2D eigenvalue weighted by Gasteiger charge is 2.13. The van der Waals surface area contributed by atoms with Crippen LogP contribution in [0, 0.1) is 0 Å². The molecule has 0 bridgehead atoms. The van der Waals surface area contributed by atoms with Crippen molar-refractivity contribution in [2.45, 2.75) is 6.61 Å². The van der Waals surface area contributed by atoms with Gasteiger partial charge in [0.1, 0.15) is 23.1 Å². The summed E-state index contributed by atoms with van der Waals surface area (Å²) < 4.78 is 12.6. The van der Waals surface area contributed by atoms with E-state index < -0.39 is 0 Å². The summed E-state index contributed by atoms with van der Waals surface area (Å²) in [6.45, 7) is 0.519. The first-order valence-corrected chi connectivity index (χ1v) is 8.86. The topological polar surface area (TPSA) is 31.4 Å². The standard InChI is InChI=1S/C21H17NO2S/c1-23-16-11-12-19(24-14-15-7-3-2-4-8-15)17(13-16)21-22-18-9-5-6-10-20(18)25-21/h2-13H,14H2,1H3. The maximum absolute atomic E-state index is 6.08. The Labute approximate surface area is 150 Å². The van der Waals surface area contributed by atoms with Gasteiger partial charge in [0.15, 0.2) is 0 Å². The summed E-state index contributed by atoms with van der Waals surface area (Å²) in [6, 6.07) is 24.1. The minimum Gasteiger partial charge on any atom is -0.497 e. The number of hydrogen-bond acceptors (Lipinski definition) is 4. The molecule has 4 aromatic rings. The van der Waals surface area contributed by atoms with Crippen molar-refractivity contribution in [3.05, 3.63) is 78.4 Å². The van der Waals surface area contributed by atoms with Crippen LogP contribution in [0.1, 0.15) is 5.56 Å². The Balaban J connectivity index is 1.71. The van der Waals surface area contributed by atoms with E-state index in [-0.39, 0.29) is 0 Å². The third-order valence-electron chi connectivity index (χ3n) is 3.95. The molecular formula is C21H17NO2S. The molecular weight excluding hydrogens is 330 g/mol. The van der Waals surface area contributed by atoms with E-state index in [1.54, 1.807) is 18.4 Å². The summed E-state index contributed by atoms with van der Waals surface area (Å²) in [6.07, 6.45) is 0. The molecule has 0 aliphatic rings. The molecule has 0 amide bonds. The average Bonchev–Trinajstić information content (AvgIpc) is 3.11. The van der Waals surface area contributed by atoms with Gasteiger partial charge in [-0.15, -0.1) is 11.3 Å². The van der Waals surface area contributed by atoms with Crippen molar-refractivity contribution in [3.8, 4) is 22.1 Å². The number of benzene rings is 3. The highest BCUT2D eigenvalue weighted by atomic mass is 32.1. The average molecular weight is 347 g/mol. The lowest BCUT2D eigenvalue weighted by molar-refractivity contribution is 0.307. The van der Waals surface area contributed by atoms with Crippen LogP contribution in [0.5, 0.6) is 11.5 Å². The maximum atomic E-state index is 6.08. The van der Waals surface area contributed by atoms with E-state index in [9.17, 15) is 0 Å². The number of fused-ring (bicyclic) bond motifs is 1. The summed E-state index contributed by atoms with van der Waals surface area (Å²) in [4.78, 5) is 4.76. The van der Waals surface area contributed by atoms with Crippen LogP contribution in [0.15, 0.2) is 72.8 Å². The van der Waals surface area contributed by atoms with E-state index in [0.717, 1.165) is 37.9 Å². The van der Waals surface area contributed by atoms with Gasteiger partial charge < -0.3 is 9.47 Å². The van der Waals surface area contributed by atoms with E-state index in [1.165, 1.54) is 0 Å². The Kier molecular flexibility index (Phi) is 4.36. The molecule has 0 N–H and O–H groups in total. The van der Waals surface area contributed by atoms with Gasteiger partial charge in [-0.25, -0.2) is 4.98 Å². The molecule has 0 spiro atoms. The molecule has 3 aromatic carbocycles. The van der Waals surface area contributed by atoms with Gasteiger partial charge in [0, 0.05) is 0 Å². The van der Waals surface area contributed by atoms with Crippen LogP contribution in [-0.2, 0) is 6.61 Å². The molecule has 124 valence electrons. The van der Waals surface area contributed by atoms with Gasteiger partial charge in [-0.2, -0.15) is 0 Å². The molecule has 0 unspecified atom stereocenters. The van der Waals surface area contributed by atoms with E-state index in [2.05, 4.69) is 18.2 Å². The fraction of sp³-hybridized carbons (Fsp3) is 0.0952. The summed E-state index contributed by atoms with van der Waals surface area (Å²) in [5.74, 6) is 1.60. The van der Waals surface area contributed by atoms with Gasteiger partial charge >= 0.3 is 0 Å². The maximum Gasteiger partial charge on any atom is 0.130 e. The van der Waals surface area contributed by atoms with Crippen molar-refractivity contribution in [1.82, 2.24) is 4.98 Å². The molecule has 4 heteroatoms. The van der Waals surface area contributed by atoms with E-state index in [0.29, 0.717) is 6.61 Å². The zero-order valence-electron chi connectivity index (χ0n) is 13.8. The molecule has 0 atom stereocenters. The smallest absolute Gasteiger partial charge is 0.130 e. The van der Waals surface area contributed by atoms with Crippen LogP contribution in [0.3, 0.4) is 0 Å². The largest absolute Gasteiger partial charge is 0.497 e. The number of thiazole rings is 1. The SMILES string of the molecule is COc1ccc(OCc2ccccc2)c(-c2nc3ccccc3s2)c1. The molecule has 3 nitrogen and oxygen atoms in total. The van der Waals surface area contributed by atoms with Gasteiger partial charge in [-0.1, -0.05) is 42.5 Å². The number of rotatable bonds is 5. The van der Waals surface area contributed by atoms with Crippen LogP contribution in [0.25, 0.3) is 20.8 Å². The Morgan fingerprint density at radius 3 is 2.52 bits per heavy atom. The molecule has 1 heterocycles. The Morgan fingerprint density at radius 2 is 1.72 bits per heavy atom. The zero-order valence-corrected chi connectivity index (χ0v) is 14.6. The van der Waals surface area contributed by atoms with Crippen LogP contribution in [0.4, 0.5) is 0 Å². The molecule has 0 aliphatic heterocycles. The summed E-state index contributed by atoms with van der Waals surface area (Å²) >= 11 is 1.66. The van der Waals surface area contributed by atoms with Gasteiger partial charge in [0.25, 0.3) is 0 Å². The molecule has 0 saturated heterocycles. The number of nitrogens with zero attached hydrogens (tertiary/aromatic N) is 1. The third-order valence-corrected chi connectivity index (χ3v) is 5.02. The lowest BCUT2D eigenvalue weighted by Gasteiger charge is -2.11. The van der Waals surface area contributed by atoms with Gasteiger partial charge in [0.2, 0.25) is 0 Å². The predicted molar refractivity (Wildman–Crippen MR) is 102 cm³/mol.